The Morgan fingerprint density at radius 1 is 1.25 bits per heavy atom. The van der Waals surface area contributed by atoms with Gasteiger partial charge in [-0.1, -0.05) is 6.07 Å². The summed E-state index contributed by atoms with van der Waals surface area (Å²) in [6.07, 6.45) is 5.34. The van der Waals surface area contributed by atoms with Crippen molar-refractivity contribution in [3.05, 3.63) is 24.4 Å². The highest BCUT2D eigenvalue weighted by Crippen LogP contribution is 2.31. The van der Waals surface area contributed by atoms with E-state index >= 15 is 0 Å². The van der Waals surface area contributed by atoms with Crippen molar-refractivity contribution in [2.45, 2.75) is 31.2 Å². The lowest BCUT2D eigenvalue weighted by Crippen LogP contribution is -2.43. The first kappa shape index (κ1) is 19.0. The van der Waals surface area contributed by atoms with E-state index in [0.29, 0.717) is 6.54 Å². The van der Waals surface area contributed by atoms with Crippen LogP contribution >= 0.6 is 24.8 Å². The SMILES string of the molecule is Cl.Cl.NC1(C(=O)NCCCCNc2ccccn2)CC1. The van der Waals surface area contributed by atoms with Crippen molar-refractivity contribution in [1.29, 1.82) is 0 Å². The topological polar surface area (TPSA) is 80.0 Å². The monoisotopic (exact) mass is 320 g/mol. The molecule has 0 atom stereocenters. The van der Waals surface area contributed by atoms with Gasteiger partial charge in [-0.2, -0.15) is 0 Å². The normalized spacial score (nSPS) is 14.4. The Kier molecular flexibility index (Phi) is 8.53. The van der Waals surface area contributed by atoms with Gasteiger partial charge in [0.2, 0.25) is 5.91 Å². The summed E-state index contributed by atoms with van der Waals surface area (Å²) in [7, 11) is 0. The zero-order chi connectivity index (χ0) is 12.8. The third kappa shape index (κ3) is 5.94. The van der Waals surface area contributed by atoms with Crippen LogP contribution in [0.25, 0.3) is 0 Å². The lowest BCUT2D eigenvalue weighted by molar-refractivity contribution is -0.123. The van der Waals surface area contributed by atoms with Crippen LogP contribution < -0.4 is 16.4 Å². The molecule has 0 aliphatic heterocycles. The number of nitrogens with two attached hydrogens (primary N) is 1. The molecule has 1 aromatic rings. The van der Waals surface area contributed by atoms with Crippen molar-refractivity contribution < 1.29 is 4.79 Å². The number of carbonyl (C=O) groups excluding carboxylic acids is 1. The third-order valence-corrected chi connectivity index (χ3v) is 3.10. The van der Waals surface area contributed by atoms with Gasteiger partial charge in [0, 0.05) is 19.3 Å². The van der Waals surface area contributed by atoms with E-state index in [1.54, 1.807) is 6.20 Å². The molecule has 114 valence electrons. The number of carbonyl (C=O) groups is 1. The lowest BCUT2D eigenvalue weighted by Gasteiger charge is -2.10. The van der Waals surface area contributed by atoms with Crippen LogP contribution in [0.2, 0.25) is 0 Å². The average Bonchev–Trinajstić information content (AvgIpc) is 3.14. The van der Waals surface area contributed by atoms with Gasteiger partial charge >= 0.3 is 0 Å². The molecule has 1 saturated carbocycles. The van der Waals surface area contributed by atoms with E-state index in [1.807, 2.05) is 18.2 Å². The highest BCUT2D eigenvalue weighted by atomic mass is 35.5. The van der Waals surface area contributed by atoms with Crippen molar-refractivity contribution in [2.24, 2.45) is 5.73 Å². The van der Waals surface area contributed by atoms with Crippen LogP contribution in [0.3, 0.4) is 0 Å². The van der Waals surface area contributed by atoms with E-state index in [1.165, 1.54) is 0 Å². The third-order valence-electron chi connectivity index (χ3n) is 3.10. The van der Waals surface area contributed by atoms with Crippen molar-refractivity contribution >= 4 is 36.5 Å². The number of unbranched alkanes of at least 4 members (excludes halogenated alkanes) is 1. The molecule has 1 aliphatic carbocycles. The number of pyridine rings is 1. The first-order chi connectivity index (χ1) is 8.71. The second-order valence-electron chi connectivity index (χ2n) is 4.76. The Morgan fingerprint density at radius 3 is 2.55 bits per heavy atom. The molecule has 4 N–H and O–H groups in total. The standard InChI is InChI=1S/C13H20N4O.2ClH/c14-13(6-7-13)12(18)17-10-4-3-9-16-11-5-1-2-8-15-11;;/h1-2,5,8H,3-4,6-7,9-10,14H2,(H,15,16)(H,17,18);2*1H. The van der Waals surface area contributed by atoms with Gasteiger partial charge in [-0.05, 0) is 37.8 Å². The number of nitrogens with one attached hydrogen (secondary N) is 2. The minimum absolute atomic E-state index is 0. The maximum absolute atomic E-state index is 11.5. The first-order valence-corrected chi connectivity index (χ1v) is 6.43. The number of anilines is 1. The van der Waals surface area contributed by atoms with Crippen LogP contribution in [0, 0.1) is 0 Å². The number of nitrogens with zero attached hydrogens (tertiary/aromatic N) is 1. The molecule has 2 rings (SSSR count). The smallest absolute Gasteiger partial charge is 0.240 e. The Bertz CT molecular complexity index is 399. The molecule has 0 spiro atoms. The lowest BCUT2D eigenvalue weighted by atomic mass is 10.2. The van der Waals surface area contributed by atoms with Gasteiger partial charge in [0.15, 0.2) is 0 Å². The molecule has 1 aliphatic rings. The molecule has 7 heteroatoms. The van der Waals surface area contributed by atoms with Crippen molar-refractivity contribution in [2.75, 3.05) is 18.4 Å². The Labute approximate surface area is 131 Å². The van der Waals surface area contributed by atoms with Crippen molar-refractivity contribution in [3.63, 3.8) is 0 Å². The molecular formula is C13H22Cl2N4O. The summed E-state index contributed by atoms with van der Waals surface area (Å²) in [4.78, 5) is 15.7. The maximum Gasteiger partial charge on any atom is 0.240 e. The van der Waals surface area contributed by atoms with E-state index in [4.69, 9.17) is 5.73 Å². The fourth-order valence-corrected chi connectivity index (χ4v) is 1.67. The highest BCUT2D eigenvalue weighted by Gasteiger charge is 2.45. The average molecular weight is 321 g/mol. The molecule has 5 nitrogen and oxygen atoms in total. The summed E-state index contributed by atoms with van der Waals surface area (Å²) in [6.45, 7) is 1.56. The van der Waals surface area contributed by atoms with E-state index in [0.717, 1.165) is 38.0 Å². The van der Waals surface area contributed by atoms with Crippen LogP contribution in [-0.4, -0.2) is 29.5 Å². The van der Waals surface area contributed by atoms with Crippen LogP contribution in [0.15, 0.2) is 24.4 Å². The van der Waals surface area contributed by atoms with Gasteiger partial charge in [-0.3, -0.25) is 4.79 Å². The zero-order valence-corrected chi connectivity index (χ0v) is 12.9. The number of amides is 1. The molecule has 0 bridgehead atoms. The second kappa shape index (κ2) is 9.00. The van der Waals surface area contributed by atoms with Gasteiger partial charge in [0.25, 0.3) is 0 Å². The highest BCUT2D eigenvalue weighted by molar-refractivity contribution is 5.88. The van der Waals surface area contributed by atoms with E-state index in [9.17, 15) is 4.79 Å². The molecule has 20 heavy (non-hydrogen) atoms. The van der Waals surface area contributed by atoms with Crippen LogP contribution in [-0.2, 0) is 4.79 Å². The van der Waals surface area contributed by atoms with E-state index in [-0.39, 0.29) is 30.7 Å². The fourth-order valence-electron chi connectivity index (χ4n) is 1.67. The number of halogens is 2. The first-order valence-electron chi connectivity index (χ1n) is 6.43. The van der Waals surface area contributed by atoms with Crippen LogP contribution in [0.5, 0.6) is 0 Å². The molecule has 0 unspecified atom stereocenters. The number of rotatable bonds is 7. The van der Waals surface area contributed by atoms with Gasteiger partial charge in [0.1, 0.15) is 5.82 Å². The van der Waals surface area contributed by atoms with Crippen LogP contribution in [0.1, 0.15) is 25.7 Å². The summed E-state index contributed by atoms with van der Waals surface area (Å²) in [5.41, 5.74) is 5.22. The summed E-state index contributed by atoms with van der Waals surface area (Å²) in [5, 5.41) is 6.10. The maximum atomic E-state index is 11.5. The molecule has 1 aromatic heterocycles. The Morgan fingerprint density at radius 2 is 1.95 bits per heavy atom. The number of hydrogen-bond acceptors (Lipinski definition) is 4. The van der Waals surface area contributed by atoms with Crippen LogP contribution in [0.4, 0.5) is 5.82 Å². The number of hydrogen-bond donors (Lipinski definition) is 3. The quantitative estimate of drug-likeness (QED) is 0.668. The predicted octanol–water partition coefficient (Wildman–Crippen LogP) is 1.72. The van der Waals surface area contributed by atoms with Gasteiger partial charge in [-0.25, -0.2) is 4.98 Å². The minimum Gasteiger partial charge on any atom is -0.370 e. The molecular weight excluding hydrogens is 299 g/mol. The molecule has 0 radical (unpaired) electrons. The Hall–Kier alpha value is -1.04. The van der Waals surface area contributed by atoms with Crippen molar-refractivity contribution in [3.8, 4) is 0 Å². The summed E-state index contributed by atoms with van der Waals surface area (Å²) >= 11 is 0. The van der Waals surface area contributed by atoms with Gasteiger partial charge < -0.3 is 16.4 Å². The largest absolute Gasteiger partial charge is 0.370 e. The van der Waals surface area contributed by atoms with Gasteiger partial charge in [0.05, 0.1) is 5.54 Å². The second-order valence-corrected chi connectivity index (χ2v) is 4.76. The summed E-state index contributed by atoms with van der Waals surface area (Å²) in [5.74, 6) is 0.889. The van der Waals surface area contributed by atoms with Crippen molar-refractivity contribution in [1.82, 2.24) is 10.3 Å². The van der Waals surface area contributed by atoms with E-state index in [2.05, 4.69) is 15.6 Å². The zero-order valence-electron chi connectivity index (χ0n) is 11.3. The molecule has 1 amide bonds. The van der Waals surface area contributed by atoms with Gasteiger partial charge in [-0.15, -0.1) is 24.8 Å². The van der Waals surface area contributed by atoms with E-state index < -0.39 is 5.54 Å². The molecule has 1 fully saturated rings. The molecule has 0 aromatic carbocycles. The predicted molar refractivity (Wildman–Crippen MR) is 85.6 cm³/mol. The number of aromatic nitrogens is 1. The summed E-state index contributed by atoms with van der Waals surface area (Å²) < 4.78 is 0. The Balaban J connectivity index is 0.00000180. The molecule has 1 heterocycles. The summed E-state index contributed by atoms with van der Waals surface area (Å²) in [6, 6.07) is 5.78. The minimum atomic E-state index is -0.549. The molecule has 0 saturated heterocycles. The fraction of sp³-hybridized carbons (Fsp3) is 0.538.